The highest BCUT2D eigenvalue weighted by atomic mass is 19.1. The summed E-state index contributed by atoms with van der Waals surface area (Å²) < 4.78 is 14.8. The first-order chi connectivity index (χ1) is 14.6. The van der Waals surface area contributed by atoms with Gasteiger partial charge in [-0.2, -0.15) is 5.10 Å². The first kappa shape index (κ1) is 19.6. The molecule has 0 saturated carbocycles. The zero-order chi connectivity index (χ0) is 21.1. The van der Waals surface area contributed by atoms with Gasteiger partial charge in [0.1, 0.15) is 11.6 Å². The van der Waals surface area contributed by atoms with Crippen LogP contribution in [0.25, 0.3) is 16.9 Å². The van der Waals surface area contributed by atoms with Crippen LogP contribution in [0.1, 0.15) is 41.3 Å². The number of rotatable bonds is 6. The van der Waals surface area contributed by atoms with E-state index in [1.807, 2.05) is 44.2 Å². The molecular weight excluding hydrogens is 381 g/mol. The van der Waals surface area contributed by atoms with E-state index in [0.717, 1.165) is 11.3 Å². The fourth-order valence-corrected chi connectivity index (χ4v) is 3.35. The van der Waals surface area contributed by atoms with E-state index >= 15 is 0 Å². The molecule has 4 aromatic rings. The number of aromatic nitrogens is 4. The number of nitrogens with one attached hydrogen (secondary N) is 2. The Labute approximate surface area is 173 Å². The Kier molecular flexibility index (Phi) is 5.43. The predicted molar refractivity (Wildman–Crippen MR) is 113 cm³/mol. The Morgan fingerprint density at radius 2 is 1.87 bits per heavy atom. The molecule has 30 heavy (non-hydrogen) atoms. The van der Waals surface area contributed by atoms with Crippen LogP contribution in [0.3, 0.4) is 0 Å². The molecule has 0 saturated heterocycles. The molecule has 1 unspecified atom stereocenters. The van der Waals surface area contributed by atoms with Crippen LogP contribution < -0.4 is 5.32 Å². The summed E-state index contributed by atoms with van der Waals surface area (Å²) in [6.07, 6.45) is 3.98. The van der Waals surface area contributed by atoms with Crippen LogP contribution in [0, 0.1) is 12.7 Å². The number of nitrogens with zero attached hydrogens (tertiary/aromatic N) is 3. The number of hydrogen-bond donors (Lipinski definition) is 2. The van der Waals surface area contributed by atoms with E-state index < -0.39 is 0 Å². The van der Waals surface area contributed by atoms with Crippen molar-refractivity contribution in [2.45, 2.75) is 26.3 Å². The van der Waals surface area contributed by atoms with Crippen LogP contribution in [0.2, 0.25) is 0 Å². The van der Waals surface area contributed by atoms with Gasteiger partial charge in [-0.1, -0.05) is 37.3 Å². The Hall–Kier alpha value is -3.74. The topological polar surface area (TPSA) is 75.6 Å². The first-order valence-corrected chi connectivity index (χ1v) is 9.78. The zero-order valence-electron chi connectivity index (χ0n) is 16.8. The third kappa shape index (κ3) is 3.87. The van der Waals surface area contributed by atoms with Crippen LogP contribution in [-0.4, -0.2) is 25.7 Å². The molecule has 2 heterocycles. The molecule has 152 valence electrons. The van der Waals surface area contributed by atoms with Crippen molar-refractivity contribution in [3.05, 3.63) is 89.9 Å². The second-order valence-electron chi connectivity index (χ2n) is 7.01. The smallest absolute Gasteiger partial charge is 0.255 e. The molecule has 2 aromatic carbocycles. The lowest BCUT2D eigenvalue weighted by Crippen LogP contribution is -2.29. The van der Waals surface area contributed by atoms with Crippen molar-refractivity contribution >= 4 is 5.91 Å². The SMILES string of the molecule is CCC(NC(=O)c1cnn(-c2ccc(F)cc2)c1C)c1ncc(-c2ccccc2)[nH]1. The molecule has 0 bridgehead atoms. The normalized spacial score (nSPS) is 12.0. The molecular formula is C23H22FN5O. The molecule has 0 radical (unpaired) electrons. The maximum absolute atomic E-state index is 13.2. The maximum atomic E-state index is 13.2. The van der Waals surface area contributed by atoms with Gasteiger partial charge in [0.2, 0.25) is 0 Å². The van der Waals surface area contributed by atoms with Gasteiger partial charge in [0, 0.05) is 0 Å². The van der Waals surface area contributed by atoms with E-state index in [-0.39, 0.29) is 17.8 Å². The lowest BCUT2D eigenvalue weighted by atomic mass is 10.1. The number of amides is 1. The summed E-state index contributed by atoms with van der Waals surface area (Å²) in [6, 6.07) is 15.6. The van der Waals surface area contributed by atoms with Gasteiger partial charge in [0.15, 0.2) is 0 Å². The second kappa shape index (κ2) is 8.32. The molecule has 4 rings (SSSR count). The number of aromatic amines is 1. The van der Waals surface area contributed by atoms with E-state index in [2.05, 4.69) is 20.4 Å². The molecule has 0 aliphatic rings. The van der Waals surface area contributed by atoms with Crippen molar-refractivity contribution < 1.29 is 9.18 Å². The highest BCUT2D eigenvalue weighted by Gasteiger charge is 2.21. The lowest BCUT2D eigenvalue weighted by molar-refractivity contribution is 0.0933. The van der Waals surface area contributed by atoms with E-state index in [1.165, 1.54) is 18.3 Å². The molecule has 0 spiro atoms. The average molecular weight is 403 g/mol. The Bertz CT molecular complexity index is 1150. The lowest BCUT2D eigenvalue weighted by Gasteiger charge is -2.14. The summed E-state index contributed by atoms with van der Waals surface area (Å²) in [5.74, 6) is 0.152. The van der Waals surface area contributed by atoms with E-state index in [9.17, 15) is 9.18 Å². The quantitative estimate of drug-likeness (QED) is 0.494. The molecule has 7 heteroatoms. The monoisotopic (exact) mass is 403 g/mol. The third-order valence-electron chi connectivity index (χ3n) is 5.05. The summed E-state index contributed by atoms with van der Waals surface area (Å²) >= 11 is 0. The fourth-order valence-electron chi connectivity index (χ4n) is 3.35. The van der Waals surface area contributed by atoms with Gasteiger partial charge in [-0.15, -0.1) is 0 Å². The largest absolute Gasteiger partial charge is 0.342 e. The number of hydrogen-bond acceptors (Lipinski definition) is 3. The van der Waals surface area contributed by atoms with Gasteiger partial charge in [0.05, 0.1) is 41.1 Å². The Morgan fingerprint density at radius 1 is 1.13 bits per heavy atom. The molecule has 6 nitrogen and oxygen atoms in total. The highest BCUT2D eigenvalue weighted by molar-refractivity contribution is 5.95. The van der Waals surface area contributed by atoms with Gasteiger partial charge in [0.25, 0.3) is 5.91 Å². The minimum Gasteiger partial charge on any atom is -0.342 e. The van der Waals surface area contributed by atoms with Crippen LogP contribution in [-0.2, 0) is 0 Å². The molecule has 0 aliphatic heterocycles. The summed E-state index contributed by atoms with van der Waals surface area (Å²) in [6.45, 7) is 3.80. The summed E-state index contributed by atoms with van der Waals surface area (Å²) in [4.78, 5) is 20.7. The molecule has 0 fully saturated rings. The second-order valence-corrected chi connectivity index (χ2v) is 7.01. The predicted octanol–water partition coefficient (Wildman–Crippen LogP) is 4.59. The molecule has 2 aromatic heterocycles. The number of carbonyl (C=O) groups excluding carboxylic acids is 1. The van der Waals surface area contributed by atoms with Crippen LogP contribution in [0.5, 0.6) is 0 Å². The molecule has 0 aliphatic carbocycles. The standard InChI is InChI=1S/C23H22FN5O/c1-3-20(22-25-14-21(27-22)16-7-5-4-6-8-16)28-23(30)19-13-26-29(15(19)2)18-11-9-17(24)10-12-18/h4-14,20H,3H2,1-2H3,(H,25,27)(H,28,30). The van der Waals surface area contributed by atoms with Crippen molar-refractivity contribution in [3.63, 3.8) is 0 Å². The molecule has 1 atom stereocenters. The number of halogens is 1. The summed E-state index contributed by atoms with van der Waals surface area (Å²) in [7, 11) is 0. The Morgan fingerprint density at radius 3 is 2.57 bits per heavy atom. The van der Waals surface area contributed by atoms with Crippen molar-refractivity contribution in [1.29, 1.82) is 0 Å². The number of carbonyl (C=O) groups is 1. The van der Waals surface area contributed by atoms with Gasteiger partial charge >= 0.3 is 0 Å². The third-order valence-corrected chi connectivity index (χ3v) is 5.05. The number of imidazole rings is 1. The summed E-state index contributed by atoms with van der Waals surface area (Å²) in [5.41, 5.74) is 3.77. The minimum atomic E-state index is -0.319. The van der Waals surface area contributed by atoms with Crippen LogP contribution >= 0.6 is 0 Å². The first-order valence-electron chi connectivity index (χ1n) is 9.78. The van der Waals surface area contributed by atoms with Gasteiger partial charge in [-0.05, 0) is 43.2 Å². The Balaban J connectivity index is 1.53. The van der Waals surface area contributed by atoms with Crippen molar-refractivity contribution in [1.82, 2.24) is 25.1 Å². The van der Waals surface area contributed by atoms with Crippen LogP contribution in [0.15, 0.2) is 67.0 Å². The maximum Gasteiger partial charge on any atom is 0.255 e. The van der Waals surface area contributed by atoms with Gasteiger partial charge in [-0.3, -0.25) is 4.79 Å². The fraction of sp³-hybridized carbons (Fsp3) is 0.174. The average Bonchev–Trinajstić information content (AvgIpc) is 3.40. The highest BCUT2D eigenvalue weighted by Crippen LogP contribution is 2.21. The summed E-state index contributed by atoms with van der Waals surface area (Å²) in [5, 5.41) is 7.33. The van der Waals surface area contributed by atoms with Crippen molar-refractivity contribution in [2.24, 2.45) is 0 Å². The minimum absolute atomic E-state index is 0.231. The van der Waals surface area contributed by atoms with E-state index in [4.69, 9.17) is 0 Å². The van der Waals surface area contributed by atoms with Crippen LogP contribution in [0.4, 0.5) is 4.39 Å². The molecule has 2 N–H and O–H groups in total. The van der Waals surface area contributed by atoms with Crippen molar-refractivity contribution in [3.8, 4) is 16.9 Å². The van der Waals surface area contributed by atoms with Crippen molar-refractivity contribution in [2.75, 3.05) is 0 Å². The number of H-pyrrole nitrogens is 1. The van der Waals surface area contributed by atoms with E-state index in [1.54, 1.807) is 23.0 Å². The van der Waals surface area contributed by atoms with E-state index in [0.29, 0.717) is 29.2 Å². The number of benzene rings is 2. The van der Waals surface area contributed by atoms with Gasteiger partial charge in [-0.25, -0.2) is 14.1 Å². The molecule has 1 amide bonds. The van der Waals surface area contributed by atoms with Gasteiger partial charge < -0.3 is 10.3 Å². The zero-order valence-corrected chi connectivity index (χ0v) is 16.8.